The summed E-state index contributed by atoms with van der Waals surface area (Å²) in [5.41, 5.74) is -2.12. The van der Waals surface area contributed by atoms with E-state index in [1.54, 1.807) is 12.2 Å². The first-order valence-electron chi connectivity index (χ1n) is 11.0. The van der Waals surface area contributed by atoms with Crippen molar-refractivity contribution in [1.29, 1.82) is 0 Å². The van der Waals surface area contributed by atoms with Crippen molar-refractivity contribution >= 4 is 16.6 Å². The first-order valence-corrected chi connectivity index (χ1v) is 12.2. The predicted octanol–water partition coefficient (Wildman–Crippen LogP) is 4.69. The van der Waals surface area contributed by atoms with E-state index in [2.05, 4.69) is 6.92 Å². The van der Waals surface area contributed by atoms with Crippen molar-refractivity contribution in [2.45, 2.75) is 73.0 Å². The number of ketones is 1. The summed E-state index contributed by atoms with van der Waals surface area (Å²) in [5.74, 6) is -0.259. The highest BCUT2D eigenvalue weighted by Crippen LogP contribution is 2.73. The Labute approximate surface area is 179 Å². The van der Waals surface area contributed by atoms with Crippen molar-refractivity contribution in [3.8, 4) is 0 Å². The molecule has 1 aliphatic heterocycles. The maximum Gasteiger partial charge on any atom is 0.178 e. The molecule has 1 saturated heterocycles. The van der Waals surface area contributed by atoms with Gasteiger partial charge in [-0.25, -0.2) is 4.39 Å². The summed E-state index contributed by atoms with van der Waals surface area (Å²) in [4.78, 5) is 12.8. The van der Waals surface area contributed by atoms with Gasteiger partial charge in [0.05, 0.1) is 27.3 Å². The van der Waals surface area contributed by atoms with Crippen molar-refractivity contribution < 1.29 is 18.1 Å². The van der Waals surface area contributed by atoms with Gasteiger partial charge in [0.1, 0.15) is 0 Å². The number of halogens is 1. The topological polar surface area (TPSA) is 43.4 Å². The number of fused-ring (bicyclic) bond motifs is 6. The molecule has 6 rings (SSSR count). The number of ether oxygens (including phenoxy) is 1. The van der Waals surface area contributed by atoms with Crippen LogP contribution in [0.5, 0.6) is 0 Å². The standard InChI is InChI=1S/C25H27FO3S/c1-22-12-10-17(27)14-16(22)8-9-20-19-11-13-23(2)24(19,15-21(29-23)25(20,22)26)30(28)18-6-4-3-5-7-18/h3-7,10,12,14,19-21H,8-9,11,13,15H2,1-2H3/t19-,20-,21-,22-,23-,24-,25-,30?/m0/s1. The Kier molecular flexibility index (Phi) is 3.70. The van der Waals surface area contributed by atoms with Crippen molar-refractivity contribution in [3.05, 3.63) is 54.1 Å². The Bertz CT molecular complexity index is 1030. The number of hydrogen-bond acceptors (Lipinski definition) is 3. The molecule has 2 bridgehead atoms. The summed E-state index contributed by atoms with van der Waals surface area (Å²) >= 11 is 0. The van der Waals surface area contributed by atoms with Crippen molar-refractivity contribution in [3.63, 3.8) is 0 Å². The van der Waals surface area contributed by atoms with Gasteiger partial charge in [0, 0.05) is 16.2 Å². The molecular formula is C25H27FO3S. The summed E-state index contributed by atoms with van der Waals surface area (Å²) in [6.07, 6.45) is 7.89. The minimum absolute atomic E-state index is 0.0108. The largest absolute Gasteiger partial charge is 0.367 e. The third kappa shape index (κ3) is 1.95. The molecule has 5 heteroatoms. The van der Waals surface area contributed by atoms with Gasteiger partial charge in [-0.3, -0.25) is 9.00 Å². The summed E-state index contributed by atoms with van der Waals surface area (Å²) < 4.78 is 37.5. The zero-order chi connectivity index (χ0) is 20.9. The SMILES string of the molecule is C[C@]12C=CC(=O)C=C1CC[C@H]1[C@@H]3CC[C@]4(C)O[C@@H](C[C@]34S(=O)c3ccccc3)[C@@]12F. The summed E-state index contributed by atoms with van der Waals surface area (Å²) in [6.45, 7) is 4.00. The maximum absolute atomic E-state index is 17.4. The summed E-state index contributed by atoms with van der Waals surface area (Å²) in [5, 5.41) is 0. The summed E-state index contributed by atoms with van der Waals surface area (Å²) in [7, 11) is -1.26. The molecule has 5 aliphatic rings. The third-order valence-corrected chi connectivity index (χ3v) is 11.4. The van der Waals surface area contributed by atoms with Gasteiger partial charge in [0.15, 0.2) is 11.5 Å². The maximum atomic E-state index is 17.4. The fourth-order valence-electron chi connectivity index (χ4n) is 7.75. The van der Waals surface area contributed by atoms with Gasteiger partial charge in [-0.15, -0.1) is 0 Å². The quantitative estimate of drug-likeness (QED) is 0.689. The van der Waals surface area contributed by atoms with Crippen LogP contribution in [-0.4, -0.2) is 32.1 Å². The van der Waals surface area contributed by atoms with E-state index in [1.165, 1.54) is 6.08 Å². The highest BCUT2D eigenvalue weighted by atomic mass is 32.2. The van der Waals surface area contributed by atoms with E-state index < -0.39 is 38.3 Å². The highest BCUT2D eigenvalue weighted by Gasteiger charge is 2.80. The molecule has 1 unspecified atom stereocenters. The monoisotopic (exact) mass is 426 g/mol. The normalized spacial score (nSPS) is 49.4. The number of alkyl halides is 1. The van der Waals surface area contributed by atoms with Crippen molar-refractivity contribution in [2.75, 3.05) is 0 Å². The zero-order valence-electron chi connectivity index (χ0n) is 17.4. The van der Waals surface area contributed by atoms with E-state index in [9.17, 15) is 9.00 Å². The third-order valence-electron chi connectivity index (χ3n) is 9.18. The van der Waals surface area contributed by atoms with Gasteiger partial charge in [0.2, 0.25) is 0 Å². The average molecular weight is 427 g/mol. The van der Waals surface area contributed by atoms with Crippen LogP contribution in [0.1, 0.15) is 46.0 Å². The second-order valence-electron chi connectivity index (χ2n) is 10.2. The lowest BCUT2D eigenvalue weighted by Gasteiger charge is -2.59. The van der Waals surface area contributed by atoms with E-state index in [4.69, 9.17) is 4.74 Å². The van der Waals surface area contributed by atoms with Crippen LogP contribution in [0, 0.1) is 17.3 Å². The molecule has 1 heterocycles. The molecule has 8 atom stereocenters. The highest BCUT2D eigenvalue weighted by molar-refractivity contribution is 7.86. The Morgan fingerprint density at radius 3 is 2.67 bits per heavy atom. The van der Waals surface area contributed by atoms with Crippen LogP contribution in [0.3, 0.4) is 0 Å². The van der Waals surface area contributed by atoms with Crippen LogP contribution in [0.2, 0.25) is 0 Å². The van der Waals surface area contributed by atoms with E-state index in [-0.39, 0.29) is 17.6 Å². The molecule has 30 heavy (non-hydrogen) atoms. The fraction of sp³-hybridized carbons (Fsp3) is 0.560. The molecule has 0 spiro atoms. The Morgan fingerprint density at radius 2 is 1.90 bits per heavy atom. The first-order chi connectivity index (χ1) is 14.3. The number of carbonyl (C=O) groups excluding carboxylic acids is 1. The molecule has 158 valence electrons. The van der Waals surface area contributed by atoms with Crippen LogP contribution in [0.25, 0.3) is 0 Å². The molecule has 0 N–H and O–H groups in total. The van der Waals surface area contributed by atoms with Crippen LogP contribution in [0.4, 0.5) is 4.39 Å². The van der Waals surface area contributed by atoms with Crippen LogP contribution in [0.15, 0.2) is 59.0 Å². The lowest BCUT2D eigenvalue weighted by atomic mass is 9.48. The lowest BCUT2D eigenvalue weighted by molar-refractivity contribution is -0.168. The second kappa shape index (κ2) is 5.80. The zero-order valence-corrected chi connectivity index (χ0v) is 18.2. The average Bonchev–Trinajstić information content (AvgIpc) is 3.18. The van der Waals surface area contributed by atoms with Gasteiger partial charge in [-0.05, 0) is 76.2 Å². The van der Waals surface area contributed by atoms with E-state index in [1.807, 2.05) is 37.3 Å². The molecule has 4 aliphatic carbocycles. The molecule has 1 aromatic carbocycles. The predicted molar refractivity (Wildman–Crippen MR) is 113 cm³/mol. The molecule has 0 radical (unpaired) electrons. The molecule has 0 amide bonds. The van der Waals surface area contributed by atoms with Crippen LogP contribution in [-0.2, 0) is 20.3 Å². The molecule has 3 nitrogen and oxygen atoms in total. The number of carbonyl (C=O) groups is 1. The van der Waals surface area contributed by atoms with E-state index >= 15 is 4.39 Å². The van der Waals surface area contributed by atoms with Crippen LogP contribution < -0.4 is 0 Å². The van der Waals surface area contributed by atoms with Crippen molar-refractivity contribution in [1.82, 2.24) is 0 Å². The van der Waals surface area contributed by atoms with Gasteiger partial charge in [-0.1, -0.05) is 29.8 Å². The van der Waals surface area contributed by atoms with Crippen LogP contribution >= 0.6 is 0 Å². The number of hydrogen-bond donors (Lipinski definition) is 0. The van der Waals surface area contributed by atoms with Gasteiger partial charge in [0.25, 0.3) is 0 Å². The van der Waals surface area contributed by atoms with Crippen molar-refractivity contribution in [2.24, 2.45) is 17.3 Å². The van der Waals surface area contributed by atoms with Gasteiger partial charge < -0.3 is 4.74 Å². The molecule has 4 fully saturated rings. The Balaban J connectivity index is 1.51. The first kappa shape index (κ1) is 19.1. The van der Waals surface area contributed by atoms with E-state index in [0.29, 0.717) is 12.8 Å². The lowest BCUT2D eigenvalue weighted by Crippen LogP contribution is -2.66. The Hall–Kier alpha value is -1.59. The summed E-state index contributed by atoms with van der Waals surface area (Å²) in [6, 6.07) is 9.63. The number of rotatable bonds is 2. The van der Waals surface area contributed by atoms with Gasteiger partial charge >= 0.3 is 0 Å². The smallest absolute Gasteiger partial charge is 0.178 e. The molecule has 0 aromatic heterocycles. The molecular weight excluding hydrogens is 399 g/mol. The minimum Gasteiger partial charge on any atom is -0.367 e. The second-order valence-corrected chi connectivity index (χ2v) is 11.9. The fourth-order valence-corrected chi connectivity index (χ4v) is 9.98. The molecule has 3 saturated carbocycles. The number of benzene rings is 1. The number of allylic oxidation sites excluding steroid dienone is 4. The minimum atomic E-state index is -1.58. The van der Waals surface area contributed by atoms with Gasteiger partial charge in [-0.2, -0.15) is 0 Å². The van der Waals surface area contributed by atoms with E-state index in [0.717, 1.165) is 29.7 Å². The molecule has 1 aromatic rings. The Morgan fingerprint density at radius 1 is 1.13 bits per heavy atom.